The van der Waals surface area contributed by atoms with Crippen molar-refractivity contribution >= 4 is 15.9 Å². The Kier molecular flexibility index (Phi) is 6.14. The molecule has 0 spiro atoms. The fraction of sp³-hybridized carbons (Fsp3) is 0.600. The molecular weight excluding hydrogens is 304 g/mol. The van der Waals surface area contributed by atoms with Crippen LogP contribution in [0.1, 0.15) is 19.8 Å². The standard InChI is InChI=1S/C15H23BrN2O/c1-2-18(14-6-4-8-17-12-14)9-10-19-15-7-3-5-13(16)11-15/h3,5,7,11,14,17H,2,4,6,8-10,12H2,1H3. The largest absolute Gasteiger partial charge is 0.492 e. The van der Waals surface area contributed by atoms with Gasteiger partial charge in [-0.2, -0.15) is 0 Å². The van der Waals surface area contributed by atoms with Gasteiger partial charge in [0.05, 0.1) is 0 Å². The molecule has 1 saturated heterocycles. The summed E-state index contributed by atoms with van der Waals surface area (Å²) in [7, 11) is 0. The zero-order chi connectivity index (χ0) is 13.5. The summed E-state index contributed by atoms with van der Waals surface area (Å²) in [6.45, 7) is 7.35. The normalized spacial score (nSPS) is 19.6. The first-order chi connectivity index (χ1) is 9.29. The minimum Gasteiger partial charge on any atom is -0.492 e. The van der Waals surface area contributed by atoms with Crippen LogP contribution in [0.2, 0.25) is 0 Å². The van der Waals surface area contributed by atoms with Gasteiger partial charge < -0.3 is 10.1 Å². The highest BCUT2D eigenvalue weighted by atomic mass is 79.9. The van der Waals surface area contributed by atoms with Gasteiger partial charge in [-0.05, 0) is 44.1 Å². The molecule has 2 rings (SSSR count). The quantitative estimate of drug-likeness (QED) is 0.869. The van der Waals surface area contributed by atoms with Crippen molar-refractivity contribution in [3.8, 4) is 5.75 Å². The van der Waals surface area contributed by atoms with E-state index >= 15 is 0 Å². The van der Waals surface area contributed by atoms with Gasteiger partial charge in [0.15, 0.2) is 0 Å². The lowest BCUT2D eigenvalue weighted by Crippen LogP contribution is -2.47. The Hall–Kier alpha value is -0.580. The van der Waals surface area contributed by atoms with Gasteiger partial charge in [-0.3, -0.25) is 4.90 Å². The van der Waals surface area contributed by atoms with Crippen LogP contribution >= 0.6 is 15.9 Å². The Labute approximate surface area is 124 Å². The van der Waals surface area contributed by atoms with Crippen LogP contribution in [0.3, 0.4) is 0 Å². The van der Waals surface area contributed by atoms with Crippen LogP contribution in [-0.2, 0) is 0 Å². The van der Waals surface area contributed by atoms with E-state index in [0.29, 0.717) is 6.04 Å². The Balaban J connectivity index is 1.76. The molecular formula is C15H23BrN2O. The van der Waals surface area contributed by atoms with Crippen molar-refractivity contribution in [2.75, 3.05) is 32.8 Å². The maximum absolute atomic E-state index is 5.82. The zero-order valence-electron chi connectivity index (χ0n) is 11.6. The van der Waals surface area contributed by atoms with Gasteiger partial charge in [-0.15, -0.1) is 0 Å². The van der Waals surface area contributed by atoms with Crippen molar-refractivity contribution in [2.45, 2.75) is 25.8 Å². The van der Waals surface area contributed by atoms with E-state index in [1.54, 1.807) is 0 Å². The number of hydrogen-bond donors (Lipinski definition) is 1. The third-order valence-electron chi connectivity index (χ3n) is 3.64. The summed E-state index contributed by atoms with van der Waals surface area (Å²) in [5, 5.41) is 3.48. The van der Waals surface area contributed by atoms with E-state index in [2.05, 4.69) is 33.1 Å². The molecule has 19 heavy (non-hydrogen) atoms. The van der Waals surface area contributed by atoms with Gasteiger partial charge in [0.25, 0.3) is 0 Å². The molecule has 1 atom stereocenters. The van der Waals surface area contributed by atoms with E-state index in [4.69, 9.17) is 4.74 Å². The maximum Gasteiger partial charge on any atom is 0.120 e. The molecule has 106 valence electrons. The van der Waals surface area contributed by atoms with E-state index in [-0.39, 0.29) is 0 Å². The van der Waals surface area contributed by atoms with Crippen molar-refractivity contribution in [1.82, 2.24) is 10.2 Å². The minimum absolute atomic E-state index is 0.671. The first-order valence-corrected chi connectivity index (χ1v) is 7.92. The molecule has 1 aliphatic rings. The molecule has 0 aliphatic carbocycles. The van der Waals surface area contributed by atoms with Crippen LogP contribution in [-0.4, -0.2) is 43.7 Å². The van der Waals surface area contributed by atoms with E-state index in [9.17, 15) is 0 Å². The second kappa shape index (κ2) is 7.88. The SMILES string of the molecule is CCN(CCOc1cccc(Br)c1)C1CCCNC1. The first kappa shape index (κ1) is 14.8. The summed E-state index contributed by atoms with van der Waals surface area (Å²) >= 11 is 3.46. The summed E-state index contributed by atoms with van der Waals surface area (Å²) < 4.78 is 6.88. The molecule has 0 aromatic heterocycles. The number of rotatable bonds is 6. The lowest BCUT2D eigenvalue weighted by atomic mass is 10.1. The van der Waals surface area contributed by atoms with Gasteiger partial charge in [0.1, 0.15) is 12.4 Å². The van der Waals surface area contributed by atoms with Crippen LogP contribution in [0.5, 0.6) is 5.75 Å². The van der Waals surface area contributed by atoms with Crippen LogP contribution in [0.4, 0.5) is 0 Å². The Morgan fingerprint density at radius 1 is 1.47 bits per heavy atom. The van der Waals surface area contributed by atoms with E-state index in [0.717, 1.165) is 36.5 Å². The van der Waals surface area contributed by atoms with Crippen molar-refractivity contribution in [3.63, 3.8) is 0 Å². The third-order valence-corrected chi connectivity index (χ3v) is 4.13. The Morgan fingerprint density at radius 3 is 3.05 bits per heavy atom. The highest BCUT2D eigenvalue weighted by molar-refractivity contribution is 9.10. The summed E-state index contributed by atoms with van der Waals surface area (Å²) in [4.78, 5) is 2.52. The van der Waals surface area contributed by atoms with Gasteiger partial charge in [0, 0.05) is 23.6 Å². The predicted octanol–water partition coefficient (Wildman–Crippen LogP) is 2.90. The van der Waals surface area contributed by atoms with Crippen LogP contribution < -0.4 is 10.1 Å². The summed E-state index contributed by atoms with van der Waals surface area (Å²) in [6.07, 6.45) is 2.59. The van der Waals surface area contributed by atoms with E-state index in [1.165, 1.54) is 19.4 Å². The molecule has 4 heteroatoms. The molecule has 0 amide bonds. The molecule has 1 aromatic carbocycles. The second-order valence-electron chi connectivity index (χ2n) is 4.93. The molecule has 1 N–H and O–H groups in total. The number of piperidine rings is 1. The molecule has 3 nitrogen and oxygen atoms in total. The molecule has 1 aromatic rings. The first-order valence-electron chi connectivity index (χ1n) is 7.12. The molecule has 1 fully saturated rings. The number of benzene rings is 1. The van der Waals surface area contributed by atoms with Crippen LogP contribution in [0.25, 0.3) is 0 Å². The van der Waals surface area contributed by atoms with Crippen LogP contribution in [0.15, 0.2) is 28.7 Å². The zero-order valence-corrected chi connectivity index (χ0v) is 13.2. The van der Waals surface area contributed by atoms with E-state index < -0.39 is 0 Å². The highest BCUT2D eigenvalue weighted by Gasteiger charge is 2.19. The average molecular weight is 327 g/mol. The lowest BCUT2D eigenvalue weighted by Gasteiger charge is -2.33. The molecule has 1 unspecified atom stereocenters. The van der Waals surface area contributed by atoms with Gasteiger partial charge >= 0.3 is 0 Å². The predicted molar refractivity (Wildman–Crippen MR) is 82.8 cm³/mol. The molecule has 1 aliphatic heterocycles. The van der Waals surface area contributed by atoms with Gasteiger partial charge in [0.2, 0.25) is 0 Å². The van der Waals surface area contributed by atoms with Crippen molar-refractivity contribution in [3.05, 3.63) is 28.7 Å². The Bertz CT molecular complexity index is 380. The van der Waals surface area contributed by atoms with E-state index in [1.807, 2.05) is 24.3 Å². The number of ether oxygens (including phenoxy) is 1. The summed E-state index contributed by atoms with van der Waals surface area (Å²) in [5.41, 5.74) is 0. The maximum atomic E-state index is 5.82. The monoisotopic (exact) mass is 326 g/mol. The number of hydrogen-bond acceptors (Lipinski definition) is 3. The fourth-order valence-electron chi connectivity index (χ4n) is 2.58. The molecule has 0 saturated carbocycles. The van der Waals surface area contributed by atoms with Crippen molar-refractivity contribution < 1.29 is 4.74 Å². The number of halogens is 1. The fourth-order valence-corrected chi connectivity index (χ4v) is 2.96. The smallest absolute Gasteiger partial charge is 0.120 e. The third kappa shape index (κ3) is 4.79. The van der Waals surface area contributed by atoms with Crippen molar-refractivity contribution in [2.24, 2.45) is 0 Å². The van der Waals surface area contributed by atoms with Crippen molar-refractivity contribution in [1.29, 1.82) is 0 Å². The minimum atomic E-state index is 0.671. The summed E-state index contributed by atoms with van der Waals surface area (Å²) in [5.74, 6) is 0.937. The molecule has 1 heterocycles. The Morgan fingerprint density at radius 2 is 2.37 bits per heavy atom. The number of nitrogens with zero attached hydrogens (tertiary/aromatic N) is 1. The van der Waals surface area contributed by atoms with Gasteiger partial charge in [-0.25, -0.2) is 0 Å². The van der Waals surface area contributed by atoms with Crippen LogP contribution in [0, 0.1) is 0 Å². The second-order valence-corrected chi connectivity index (χ2v) is 5.85. The van der Waals surface area contributed by atoms with Gasteiger partial charge in [-0.1, -0.05) is 28.9 Å². The number of nitrogens with one attached hydrogen (secondary N) is 1. The number of likely N-dealkylation sites (N-methyl/N-ethyl adjacent to an activating group) is 1. The highest BCUT2D eigenvalue weighted by Crippen LogP contribution is 2.18. The summed E-state index contributed by atoms with van der Waals surface area (Å²) in [6, 6.07) is 8.70. The topological polar surface area (TPSA) is 24.5 Å². The average Bonchev–Trinajstić information content (AvgIpc) is 2.45. The lowest BCUT2D eigenvalue weighted by molar-refractivity contribution is 0.144. The molecule has 0 radical (unpaired) electrons. The molecule has 0 bridgehead atoms.